The summed E-state index contributed by atoms with van der Waals surface area (Å²) in [7, 11) is 0. The first-order valence-corrected chi connectivity index (χ1v) is 6.47. The molecular formula is C16H14N2O2. The van der Waals surface area contributed by atoms with E-state index in [-0.39, 0.29) is 24.7 Å². The number of hydrogen-bond donors (Lipinski definition) is 1. The third-order valence-corrected chi connectivity index (χ3v) is 3.40. The minimum absolute atomic E-state index is 0.169. The molecular weight excluding hydrogens is 252 g/mol. The van der Waals surface area contributed by atoms with Crippen molar-refractivity contribution in [3.8, 4) is 11.1 Å². The molecule has 4 nitrogen and oxygen atoms in total. The summed E-state index contributed by atoms with van der Waals surface area (Å²) < 4.78 is 0. The van der Waals surface area contributed by atoms with E-state index in [1.807, 2.05) is 36.4 Å². The molecule has 2 aromatic carbocycles. The SMILES string of the molecule is Nc1ccc(-c2ccccc2)c(N2C(=O)CCC2=O)c1. The van der Waals surface area contributed by atoms with Gasteiger partial charge >= 0.3 is 0 Å². The van der Waals surface area contributed by atoms with E-state index < -0.39 is 0 Å². The van der Waals surface area contributed by atoms with Crippen LogP contribution in [0.3, 0.4) is 0 Å². The molecule has 0 bridgehead atoms. The van der Waals surface area contributed by atoms with Crippen LogP contribution in [-0.2, 0) is 9.59 Å². The number of carbonyl (C=O) groups excluding carboxylic acids is 2. The van der Waals surface area contributed by atoms with E-state index in [0.29, 0.717) is 11.4 Å². The second-order valence-electron chi connectivity index (χ2n) is 4.77. The molecule has 1 saturated heterocycles. The van der Waals surface area contributed by atoms with Gasteiger partial charge in [-0.2, -0.15) is 0 Å². The summed E-state index contributed by atoms with van der Waals surface area (Å²) in [4.78, 5) is 25.1. The number of nitrogens with two attached hydrogens (primary N) is 1. The second-order valence-corrected chi connectivity index (χ2v) is 4.77. The quantitative estimate of drug-likeness (QED) is 0.671. The summed E-state index contributed by atoms with van der Waals surface area (Å²) in [5, 5.41) is 0. The van der Waals surface area contributed by atoms with E-state index in [1.54, 1.807) is 12.1 Å². The van der Waals surface area contributed by atoms with Gasteiger partial charge in [-0.15, -0.1) is 0 Å². The molecule has 1 heterocycles. The van der Waals surface area contributed by atoms with Crippen LogP contribution in [0.15, 0.2) is 48.5 Å². The predicted octanol–water partition coefficient (Wildman–Crippen LogP) is 2.59. The maximum absolute atomic E-state index is 11.9. The molecule has 0 unspecified atom stereocenters. The number of carbonyl (C=O) groups is 2. The average Bonchev–Trinajstić information content (AvgIpc) is 2.79. The van der Waals surface area contributed by atoms with Crippen molar-refractivity contribution in [3.63, 3.8) is 0 Å². The van der Waals surface area contributed by atoms with Crippen molar-refractivity contribution in [2.24, 2.45) is 0 Å². The maximum Gasteiger partial charge on any atom is 0.234 e. The van der Waals surface area contributed by atoms with Gasteiger partial charge in [-0.1, -0.05) is 36.4 Å². The molecule has 2 amide bonds. The Labute approximate surface area is 116 Å². The first-order valence-electron chi connectivity index (χ1n) is 6.47. The summed E-state index contributed by atoms with van der Waals surface area (Å²) in [6.07, 6.45) is 0.531. The summed E-state index contributed by atoms with van der Waals surface area (Å²) >= 11 is 0. The Kier molecular flexibility index (Phi) is 2.99. The molecule has 0 radical (unpaired) electrons. The number of nitrogen functional groups attached to an aromatic ring is 1. The molecule has 0 aromatic heterocycles. The Morgan fingerprint density at radius 2 is 1.55 bits per heavy atom. The van der Waals surface area contributed by atoms with Crippen LogP contribution >= 0.6 is 0 Å². The number of nitrogens with zero attached hydrogens (tertiary/aromatic N) is 1. The number of imide groups is 1. The average molecular weight is 266 g/mol. The third-order valence-electron chi connectivity index (χ3n) is 3.40. The number of hydrogen-bond acceptors (Lipinski definition) is 3. The lowest BCUT2D eigenvalue weighted by atomic mass is 10.0. The van der Waals surface area contributed by atoms with Gasteiger partial charge in [0.1, 0.15) is 0 Å². The van der Waals surface area contributed by atoms with Crippen LogP contribution in [0.2, 0.25) is 0 Å². The van der Waals surface area contributed by atoms with Crippen molar-refractivity contribution in [1.29, 1.82) is 0 Å². The predicted molar refractivity (Wildman–Crippen MR) is 78.0 cm³/mol. The summed E-state index contributed by atoms with van der Waals surface area (Å²) in [5.74, 6) is -0.337. The number of rotatable bonds is 2. The van der Waals surface area contributed by atoms with Crippen LogP contribution in [0, 0.1) is 0 Å². The molecule has 100 valence electrons. The molecule has 2 N–H and O–H groups in total. The number of benzene rings is 2. The lowest BCUT2D eigenvalue weighted by Crippen LogP contribution is -2.29. The van der Waals surface area contributed by atoms with Gasteiger partial charge in [-0.05, 0) is 17.7 Å². The highest BCUT2D eigenvalue weighted by molar-refractivity contribution is 6.21. The van der Waals surface area contributed by atoms with Gasteiger partial charge in [0.05, 0.1) is 5.69 Å². The number of amides is 2. The molecule has 0 aliphatic carbocycles. The first kappa shape index (κ1) is 12.4. The van der Waals surface area contributed by atoms with Gasteiger partial charge in [0.2, 0.25) is 11.8 Å². The molecule has 3 rings (SSSR count). The fourth-order valence-electron chi connectivity index (χ4n) is 2.44. The Morgan fingerprint density at radius 3 is 2.20 bits per heavy atom. The van der Waals surface area contributed by atoms with Crippen LogP contribution in [0.1, 0.15) is 12.8 Å². The molecule has 2 aromatic rings. The Balaban J connectivity index is 2.17. The van der Waals surface area contributed by atoms with Crippen molar-refractivity contribution in [2.45, 2.75) is 12.8 Å². The molecule has 1 aliphatic heterocycles. The largest absolute Gasteiger partial charge is 0.399 e. The minimum atomic E-state index is -0.169. The fourth-order valence-corrected chi connectivity index (χ4v) is 2.44. The van der Waals surface area contributed by atoms with Gasteiger partial charge in [0.15, 0.2) is 0 Å². The zero-order chi connectivity index (χ0) is 14.1. The number of anilines is 2. The normalized spacial score (nSPS) is 14.9. The van der Waals surface area contributed by atoms with Gasteiger partial charge < -0.3 is 5.73 Å². The topological polar surface area (TPSA) is 63.4 Å². The monoisotopic (exact) mass is 266 g/mol. The molecule has 4 heteroatoms. The van der Waals surface area contributed by atoms with Crippen molar-refractivity contribution in [1.82, 2.24) is 0 Å². The summed E-state index contributed by atoms with van der Waals surface area (Å²) in [5.41, 5.74) is 8.71. The molecule has 0 saturated carbocycles. The minimum Gasteiger partial charge on any atom is -0.399 e. The van der Waals surface area contributed by atoms with E-state index in [1.165, 1.54) is 4.90 Å². The lowest BCUT2D eigenvalue weighted by Gasteiger charge is -2.19. The summed E-state index contributed by atoms with van der Waals surface area (Å²) in [6, 6.07) is 15.0. The second kappa shape index (κ2) is 4.81. The molecule has 1 aliphatic rings. The van der Waals surface area contributed by atoms with Crippen LogP contribution in [0.5, 0.6) is 0 Å². The lowest BCUT2D eigenvalue weighted by molar-refractivity contribution is -0.121. The van der Waals surface area contributed by atoms with Gasteiger partial charge in [0, 0.05) is 24.1 Å². The standard InChI is InChI=1S/C16H14N2O2/c17-12-6-7-13(11-4-2-1-3-5-11)14(10-12)18-15(19)8-9-16(18)20/h1-7,10H,8-9,17H2. The molecule has 0 spiro atoms. The highest BCUT2D eigenvalue weighted by Gasteiger charge is 2.32. The maximum atomic E-state index is 11.9. The van der Waals surface area contributed by atoms with Crippen molar-refractivity contribution in [2.75, 3.05) is 10.6 Å². The van der Waals surface area contributed by atoms with Crippen LogP contribution in [0.4, 0.5) is 11.4 Å². The van der Waals surface area contributed by atoms with E-state index >= 15 is 0 Å². The Morgan fingerprint density at radius 1 is 0.900 bits per heavy atom. The highest BCUT2D eigenvalue weighted by Crippen LogP contribution is 2.35. The zero-order valence-corrected chi connectivity index (χ0v) is 10.9. The molecule has 20 heavy (non-hydrogen) atoms. The smallest absolute Gasteiger partial charge is 0.234 e. The molecule has 0 atom stereocenters. The third kappa shape index (κ3) is 2.05. The van der Waals surface area contributed by atoms with Crippen molar-refractivity contribution < 1.29 is 9.59 Å². The first-order chi connectivity index (χ1) is 9.66. The fraction of sp³-hybridized carbons (Fsp3) is 0.125. The summed E-state index contributed by atoms with van der Waals surface area (Å²) in [6.45, 7) is 0. The van der Waals surface area contributed by atoms with E-state index in [0.717, 1.165) is 11.1 Å². The van der Waals surface area contributed by atoms with E-state index in [2.05, 4.69) is 0 Å². The van der Waals surface area contributed by atoms with E-state index in [9.17, 15) is 9.59 Å². The zero-order valence-electron chi connectivity index (χ0n) is 10.9. The molecule has 1 fully saturated rings. The highest BCUT2D eigenvalue weighted by atomic mass is 16.2. The van der Waals surface area contributed by atoms with Crippen molar-refractivity contribution >= 4 is 23.2 Å². The van der Waals surface area contributed by atoms with Crippen LogP contribution in [0.25, 0.3) is 11.1 Å². The van der Waals surface area contributed by atoms with Crippen LogP contribution in [-0.4, -0.2) is 11.8 Å². The van der Waals surface area contributed by atoms with E-state index in [4.69, 9.17) is 5.73 Å². The van der Waals surface area contributed by atoms with Crippen LogP contribution < -0.4 is 10.6 Å². The Bertz CT molecular complexity index is 664. The van der Waals surface area contributed by atoms with Gasteiger partial charge in [-0.25, -0.2) is 4.90 Å². The van der Waals surface area contributed by atoms with Gasteiger partial charge in [0.25, 0.3) is 0 Å². The Hall–Kier alpha value is -2.62. The van der Waals surface area contributed by atoms with Crippen molar-refractivity contribution in [3.05, 3.63) is 48.5 Å². The van der Waals surface area contributed by atoms with Gasteiger partial charge in [-0.3, -0.25) is 9.59 Å².